The third-order valence-corrected chi connectivity index (χ3v) is 6.04. The average molecular weight is 509 g/mol. The lowest BCUT2D eigenvalue weighted by atomic mass is 10.1. The summed E-state index contributed by atoms with van der Waals surface area (Å²) >= 11 is 0.834. The third kappa shape index (κ3) is 7.28. The Kier molecular flexibility index (Phi) is 9.04. The number of likely N-dealkylation sites (tertiary alicyclic amines) is 1. The number of hydrogen-bond donors (Lipinski definition) is 3. The molecule has 2 aromatic rings. The van der Waals surface area contributed by atoms with Crippen LogP contribution in [0.3, 0.4) is 0 Å². The summed E-state index contributed by atoms with van der Waals surface area (Å²) in [7, 11) is 0. The van der Waals surface area contributed by atoms with Gasteiger partial charge in [0.25, 0.3) is 0 Å². The fourth-order valence-corrected chi connectivity index (χ4v) is 4.11. The van der Waals surface area contributed by atoms with Crippen LogP contribution in [0, 0.1) is 12.3 Å². The molecule has 0 saturated carbocycles. The zero-order valence-corrected chi connectivity index (χ0v) is 21.5. The molecule has 1 heterocycles. The molecule has 3 rings (SSSR count). The van der Waals surface area contributed by atoms with Gasteiger partial charge in [0.2, 0.25) is 5.91 Å². The van der Waals surface area contributed by atoms with Crippen LogP contribution in [-0.4, -0.2) is 41.2 Å². The Morgan fingerprint density at radius 2 is 1.83 bits per heavy atom. The molecule has 2 amide bonds. The van der Waals surface area contributed by atoms with Gasteiger partial charge < -0.3 is 20.5 Å². The minimum Gasteiger partial charge on any atom is -0.444 e. The fourth-order valence-electron chi connectivity index (χ4n) is 3.70. The molecule has 0 aliphatic carbocycles. The SMILES string of the molecule is C#Cc1ccc(COC2CC(C(=O)N/C(SN)=C(/N)c3ccccc3)N(C(=O)OC(C)(C)C)C2)cc1. The Bertz CT molecular complexity index is 1140. The summed E-state index contributed by atoms with van der Waals surface area (Å²) in [5.74, 6) is 2.16. The van der Waals surface area contributed by atoms with Crippen molar-refractivity contribution in [3.05, 3.63) is 76.3 Å². The van der Waals surface area contributed by atoms with Gasteiger partial charge in [-0.25, -0.2) is 4.79 Å². The van der Waals surface area contributed by atoms with Crippen molar-refractivity contribution in [2.75, 3.05) is 6.54 Å². The smallest absolute Gasteiger partial charge is 0.411 e. The van der Waals surface area contributed by atoms with Crippen molar-refractivity contribution in [2.45, 2.75) is 51.5 Å². The van der Waals surface area contributed by atoms with Crippen LogP contribution in [0.25, 0.3) is 5.70 Å². The molecular formula is C27H32N4O4S. The van der Waals surface area contributed by atoms with Crippen molar-refractivity contribution in [1.82, 2.24) is 10.2 Å². The standard InChI is InChI=1S/C27H32N4O4S/c1-5-18-11-13-19(14-12-18)17-34-21-15-22(31(16-21)26(33)35-27(2,3)4)24(32)30-25(36-29)23(28)20-9-7-6-8-10-20/h1,6-14,21-22H,15-17,28-29H2,2-4H3,(H,30,32)/b25-23-. The van der Waals surface area contributed by atoms with Gasteiger partial charge in [0.1, 0.15) is 16.7 Å². The van der Waals surface area contributed by atoms with Gasteiger partial charge in [0.15, 0.2) is 0 Å². The topological polar surface area (TPSA) is 120 Å². The lowest BCUT2D eigenvalue weighted by Gasteiger charge is -2.28. The van der Waals surface area contributed by atoms with E-state index in [1.54, 1.807) is 20.8 Å². The zero-order valence-electron chi connectivity index (χ0n) is 20.7. The van der Waals surface area contributed by atoms with Gasteiger partial charge in [-0.1, -0.05) is 48.4 Å². The summed E-state index contributed by atoms with van der Waals surface area (Å²) in [5, 5.41) is 8.91. The molecule has 36 heavy (non-hydrogen) atoms. The summed E-state index contributed by atoms with van der Waals surface area (Å²) in [6, 6.07) is 15.8. The van der Waals surface area contributed by atoms with E-state index in [2.05, 4.69) is 11.2 Å². The van der Waals surface area contributed by atoms with E-state index in [1.165, 1.54) is 4.90 Å². The minimum absolute atomic E-state index is 0.207. The van der Waals surface area contributed by atoms with Crippen LogP contribution >= 0.6 is 11.9 Å². The summed E-state index contributed by atoms with van der Waals surface area (Å²) in [4.78, 5) is 27.7. The van der Waals surface area contributed by atoms with Gasteiger partial charge in [0, 0.05) is 17.5 Å². The maximum Gasteiger partial charge on any atom is 0.411 e. The van der Waals surface area contributed by atoms with Crippen molar-refractivity contribution in [3.8, 4) is 12.3 Å². The monoisotopic (exact) mass is 508 g/mol. The number of terminal acetylenes is 1. The van der Waals surface area contributed by atoms with E-state index in [0.29, 0.717) is 23.8 Å². The fraction of sp³-hybridized carbons (Fsp3) is 0.333. The maximum absolute atomic E-state index is 13.3. The molecule has 0 bridgehead atoms. The van der Waals surface area contributed by atoms with Crippen molar-refractivity contribution >= 4 is 29.6 Å². The summed E-state index contributed by atoms with van der Waals surface area (Å²) < 4.78 is 11.6. The number of nitrogens with one attached hydrogen (secondary N) is 1. The number of rotatable bonds is 7. The average Bonchev–Trinajstić information content (AvgIpc) is 3.30. The first kappa shape index (κ1) is 27.1. The lowest BCUT2D eigenvalue weighted by molar-refractivity contribution is -0.124. The van der Waals surface area contributed by atoms with Crippen LogP contribution in [0.1, 0.15) is 43.9 Å². The normalized spacial score (nSPS) is 18.2. The first-order valence-electron chi connectivity index (χ1n) is 11.5. The van der Waals surface area contributed by atoms with E-state index in [0.717, 1.165) is 28.6 Å². The molecule has 5 N–H and O–H groups in total. The first-order chi connectivity index (χ1) is 17.1. The van der Waals surface area contributed by atoms with Crippen molar-refractivity contribution in [1.29, 1.82) is 0 Å². The van der Waals surface area contributed by atoms with Crippen LogP contribution in [0.15, 0.2) is 59.6 Å². The van der Waals surface area contributed by atoms with E-state index >= 15 is 0 Å². The van der Waals surface area contributed by atoms with Crippen LogP contribution in [-0.2, 0) is 20.9 Å². The molecule has 8 nitrogen and oxygen atoms in total. The Hall–Kier alpha value is -3.45. The Labute approximate surface area is 216 Å². The van der Waals surface area contributed by atoms with Gasteiger partial charge in [-0.2, -0.15) is 0 Å². The van der Waals surface area contributed by atoms with Crippen molar-refractivity contribution in [2.24, 2.45) is 10.9 Å². The molecule has 1 aliphatic heterocycles. The molecule has 2 unspecified atom stereocenters. The molecule has 0 radical (unpaired) electrons. The highest BCUT2D eigenvalue weighted by molar-refractivity contribution is 8.01. The first-order valence-corrected chi connectivity index (χ1v) is 12.4. The number of carbonyl (C=O) groups excluding carboxylic acids is 2. The van der Waals surface area contributed by atoms with Crippen LogP contribution in [0.4, 0.5) is 4.79 Å². The van der Waals surface area contributed by atoms with Crippen molar-refractivity contribution in [3.63, 3.8) is 0 Å². The molecular weight excluding hydrogens is 476 g/mol. The van der Waals surface area contributed by atoms with Crippen LogP contribution in [0.5, 0.6) is 0 Å². The number of amides is 2. The highest BCUT2D eigenvalue weighted by Gasteiger charge is 2.42. The number of benzene rings is 2. The number of hydrogen-bond acceptors (Lipinski definition) is 7. The molecule has 1 aliphatic rings. The second-order valence-electron chi connectivity index (χ2n) is 9.37. The molecule has 2 atom stereocenters. The number of ether oxygens (including phenoxy) is 2. The molecule has 1 fully saturated rings. The predicted octanol–water partition coefficient (Wildman–Crippen LogP) is 3.57. The van der Waals surface area contributed by atoms with Crippen LogP contribution in [0.2, 0.25) is 0 Å². The van der Waals surface area contributed by atoms with Gasteiger partial charge >= 0.3 is 6.09 Å². The molecule has 190 valence electrons. The van der Waals surface area contributed by atoms with Crippen LogP contribution < -0.4 is 16.2 Å². The Morgan fingerprint density at radius 1 is 1.17 bits per heavy atom. The molecule has 1 saturated heterocycles. The summed E-state index contributed by atoms with van der Waals surface area (Å²) in [6.07, 6.45) is 4.75. The van der Waals surface area contributed by atoms with Gasteiger partial charge in [0.05, 0.1) is 25.0 Å². The molecule has 0 spiro atoms. The predicted molar refractivity (Wildman–Crippen MR) is 142 cm³/mol. The largest absolute Gasteiger partial charge is 0.444 e. The zero-order chi connectivity index (χ0) is 26.3. The number of nitrogens with two attached hydrogens (primary N) is 2. The summed E-state index contributed by atoms with van der Waals surface area (Å²) in [5.41, 5.74) is 8.31. The molecule has 2 aromatic carbocycles. The molecule has 0 aromatic heterocycles. The van der Waals surface area contributed by atoms with Gasteiger partial charge in [-0.05, 0) is 50.4 Å². The number of nitrogens with zero attached hydrogens (tertiary/aromatic N) is 1. The highest BCUT2D eigenvalue weighted by Crippen LogP contribution is 2.26. The minimum atomic E-state index is -0.820. The van der Waals surface area contributed by atoms with Gasteiger partial charge in [-0.3, -0.25) is 14.8 Å². The Morgan fingerprint density at radius 3 is 2.42 bits per heavy atom. The van der Waals surface area contributed by atoms with E-state index in [1.807, 2.05) is 54.6 Å². The second-order valence-corrected chi connectivity index (χ2v) is 10.0. The second kappa shape index (κ2) is 12.0. The van der Waals surface area contributed by atoms with E-state index < -0.39 is 23.6 Å². The summed E-state index contributed by atoms with van der Waals surface area (Å²) in [6.45, 7) is 5.85. The van der Waals surface area contributed by atoms with E-state index in [9.17, 15) is 9.59 Å². The third-order valence-electron chi connectivity index (χ3n) is 5.48. The van der Waals surface area contributed by atoms with Gasteiger partial charge in [-0.15, -0.1) is 6.42 Å². The number of carbonyl (C=O) groups is 2. The Balaban J connectivity index is 1.76. The highest BCUT2D eigenvalue weighted by atomic mass is 32.2. The maximum atomic E-state index is 13.3. The molecule has 9 heteroatoms. The van der Waals surface area contributed by atoms with E-state index in [4.69, 9.17) is 26.8 Å². The lowest BCUT2D eigenvalue weighted by Crippen LogP contribution is -2.47. The quantitative estimate of drug-likeness (QED) is 0.386. The van der Waals surface area contributed by atoms with Crippen molar-refractivity contribution < 1.29 is 19.1 Å². The van der Waals surface area contributed by atoms with E-state index in [-0.39, 0.29) is 12.6 Å².